The lowest BCUT2D eigenvalue weighted by Crippen LogP contribution is -2.42. The van der Waals surface area contributed by atoms with Gasteiger partial charge >= 0.3 is 0 Å². The molecule has 0 radical (unpaired) electrons. The van der Waals surface area contributed by atoms with Gasteiger partial charge in [0.2, 0.25) is 5.91 Å². The predicted molar refractivity (Wildman–Crippen MR) is 118 cm³/mol. The largest absolute Gasteiger partial charge is 0.494 e. The molecule has 0 saturated carbocycles. The molecular formula is C23H31N3O3S. The van der Waals surface area contributed by atoms with E-state index >= 15 is 0 Å². The summed E-state index contributed by atoms with van der Waals surface area (Å²) < 4.78 is 11.4. The minimum Gasteiger partial charge on any atom is -0.494 e. The number of rotatable bonds is 7. The summed E-state index contributed by atoms with van der Waals surface area (Å²) in [4.78, 5) is 19.8. The van der Waals surface area contributed by atoms with Crippen LogP contribution in [0.25, 0.3) is 0 Å². The lowest BCUT2D eigenvalue weighted by Gasteiger charge is -2.32. The van der Waals surface area contributed by atoms with Crippen LogP contribution in [0.5, 0.6) is 11.5 Å². The highest BCUT2D eigenvalue weighted by Crippen LogP contribution is 2.31. The lowest BCUT2D eigenvalue weighted by molar-refractivity contribution is -0.126. The summed E-state index contributed by atoms with van der Waals surface area (Å²) in [5.74, 6) is 2.21. The third-order valence-electron chi connectivity index (χ3n) is 5.94. The van der Waals surface area contributed by atoms with E-state index in [4.69, 9.17) is 9.47 Å². The summed E-state index contributed by atoms with van der Waals surface area (Å²) in [7, 11) is 0. The fraction of sp³-hybridized carbons (Fsp3) is 0.565. The van der Waals surface area contributed by atoms with E-state index in [0.29, 0.717) is 25.6 Å². The Morgan fingerprint density at radius 1 is 1.37 bits per heavy atom. The summed E-state index contributed by atoms with van der Waals surface area (Å²) in [6.07, 6.45) is 2.93. The van der Waals surface area contributed by atoms with Gasteiger partial charge in [0.1, 0.15) is 18.1 Å². The van der Waals surface area contributed by atoms with Crippen molar-refractivity contribution >= 4 is 17.2 Å². The number of nitrogens with zero attached hydrogens (tertiary/aromatic N) is 2. The molecule has 0 aliphatic carbocycles. The Kier molecular flexibility index (Phi) is 6.89. The number of thiazole rings is 1. The standard InChI is InChI=1S/C23H31N3O3S/c1-3-28-21-4-5-22-18(11-21)10-19(14-29-22)23(27)24-12-17-6-8-26(9-7-17)13-20-15-30-16(2)25-20/h4-5,11,15,17,19H,3,6-10,12-14H2,1-2H3,(H,24,27). The molecule has 6 nitrogen and oxygen atoms in total. The Morgan fingerprint density at radius 3 is 2.93 bits per heavy atom. The molecule has 1 amide bonds. The smallest absolute Gasteiger partial charge is 0.226 e. The van der Waals surface area contributed by atoms with Crippen molar-refractivity contribution in [3.63, 3.8) is 0 Å². The number of benzene rings is 1. The molecule has 162 valence electrons. The summed E-state index contributed by atoms with van der Waals surface area (Å²) in [5, 5.41) is 6.47. The van der Waals surface area contributed by atoms with E-state index in [1.54, 1.807) is 11.3 Å². The number of nitrogens with one attached hydrogen (secondary N) is 1. The first-order valence-corrected chi connectivity index (χ1v) is 11.8. The molecule has 2 aliphatic heterocycles. The topological polar surface area (TPSA) is 63.7 Å². The van der Waals surface area contributed by atoms with Crippen molar-refractivity contribution in [3.05, 3.63) is 39.8 Å². The molecule has 1 atom stereocenters. The second-order valence-electron chi connectivity index (χ2n) is 8.24. The van der Waals surface area contributed by atoms with Gasteiger partial charge in [0.05, 0.1) is 23.2 Å². The van der Waals surface area contributed by atoms with E-state index in [-0.39, 0.29) is 11.8 Å². The first kappa shape index (κ1) is 21.1. The Hall–Kier alpha value is -2.12. The number of fused-ring (bicyclic) bond motifs is 1. The van der Waals surface area contributed by atoms with Crippen LogP contribution in [-0.2, 0) is 17.8 Å². The number of amides is 1. The second kappa shape index (κ2) is 9.79. The van der Waals surface area contributed by atoms with Crippen LogP contribution in [0.15, 0.2) is 23.6 Å². The van der Waals surface area contributed by atoms with Gasteiger partial charge in [-0.25, -0.2) is 4.98 Å². The third-order valence-corrected chi connectivity index (χ3v) is 6.77. The first-order chi connectivity index (χ1) is 14.6. The highest BCUT2D eigenvalue weighted by Gasteiger charge is 2.27. The molecule has 1 N–H and O–H groups in total. The monoisotopic (exact) mass is 429 g/mol. The highest BCUT2D eigenvalue weighted by molar-refractivity contribution is 7.09. The average Bonchev–Trinajstić information content (AvgIpc) is 3.17. The molecule has 1 fully saturated rings. The minimum absolute atomic E-state index is 0.0999. The summed E-state index contributed by atoms with van der Waals surface area (Å²) in [5.41, 5.74) is 2.23. The second-order valence-corrected chi connectivity index (χ2v) is 9.30. The van der Waals surface area contributed by atoms with Crippen LogP contribution < -0.4 is 14.8 Å². The maximum absolute atomic E-state index is 12.7. The van der Waals surface area contributed by atoms with Crippen LogP contribution in [0, 0.1) is 18.8 Å². The Labute approximate surface area is 182 Å². The molecule has 30 heavy (non-hydrogen) atoms. The molecule has 2 aliphatic rings. The lowest BCUT2D eigenvalue weighted by atomic mass is 9.94. The molecule has 3 heterocycles. The van der Waals surface area contributed by atoms with Crippen LogP contribution in [0.1, 0.15) is 36.0 Å². The molecule has 1 aromatic carbocycles. The molecule has 2 aromatic rings. The van der Waals surface area contributed by atoms with Crippen molar-refractivity contribution in [1.29, 1.82) is 0 Å². The quantitative estimate of drug-likeness (QED) is 0.731. The number of aryl methyl sites for hydroxylation is 1. The molecule has 4 rings (SSSR count). The zero-order valence-electron chi connectivity index (χ0n) is 17.9. The van der Waals surface area contributed by atoms with Crippen molar-refractivity contribution in [2.75, 3.05) is 32.8 Å². The molecule has 7 heteroatoms. The Balaban J connectivity index is 1.21. The van der Waals surface area contributed by atoms with Crippen molar-refractivity contribution in [2.45, 2.75) is 39.7 Å². The number of carbonyl (C=O) groups is 1. The first-order valence-electron chi connectivity index (χ1n) is 10.9. The minimum atomic E-state index is -0.137. The van der Waals surface area contributed by atoms with Crippen molar-refractivity contribution in [3.8, 4) is 11.5 Å². The predicted octanol–water partition coefficient (Wildman–Crippen LogP) is 3.43. The highest BCUT2D eigenvalue weighted by atomic mass is 32.1. The van der Waals surface area contributed by atoms with Gasteiger partial charge in [0.15, 0.2) is 0 Å². The molecule has 1 unspecified atom stereocenters. The van der Waals surface area contributed by atoms with Crippen LogP contribution in [0.2, 0.25) is 0 Å². The molecule has 1 saturated heterocycles. The Morgan fingerprint density at radius 2 is 2.20 bits per heavy atom. The van der Waals surface area contributed by atoms with Gasteiger partial charge < -0.3 is 14.8 Å². The molecule has 0 spiro atoms. The van der Waals surface area contributed by atoms with E-state index in [2.05, 4.69) is 27.5 Å². The van der Waals surface area contributed by atoms with Crippen LogP contribution in [0.4, 0.5) is 0 Å². The number of hydrogen-bond acceptors (Lipinski definition) is 6. The average molecular weight is 430 g/mol. The van der Waals surface area contributed by atoms with Crippen molar-refractivity contribution in [1.82, 2.24) is 15.2 Å². The van der Waals surface area contributed by atoms with Gasteiger partial charge in [-0.3, -0.25) is 9.69 Å². The number of piperidine rings is 1. The van der Waals surface area contributed by atoms with Gasteiger partial charge in [-0.05, 0) is 75.9 Å². The van der Waals surface area contributed by atoms with Gasteiger partial charge in [0.25, 0.3) is 0 Å². The molecular weight excluding hydrogens is 398 g/mol. The number of hydrogen-bond donors (Lipinski definition) is 1. The SMILES string of the molecule is CCOc1ccc2c(c1)CC(C(=O)NCC1CCN(Cc3csc(C)n3)CC1)CO2. The van der Waals surface area contributed by atoms with E-state index in [0.717, 1.165) is 61.1 Å². The van der Waals surface area contributed by atoms with Crippen LogP contribution in [0.3, 0.4) is 0 Å². The normalized spacial score (nSPS) is 19.7. The summed E-state index contributed by atoms with van der Waals surface area (Å²) in [6, 6.07) is 5.86. The fourth-order valence-corrected chi connectivity index (χ4v) is 4.85. The van der Waals surface area contributed by atoms with E-state index < -0.39 is 0 Å². The van der Waals surface area contributed by atoms with Crippen LogP contribution in [-0.4, -0.2) is 48.6 Å². The Bertz CT molecular complexity index is 861. The van der Waals surface area contributed by atoms with Gasteiger partial charge in [-0.1, -0.05) is 0 Å². The summed E-state index contributed by atoms with van der Waals surface area (Å²) in [6.45, 7) is 8.92. The summed E-state index contributed by atoms with van der Waals surface area (Å²) >= 11 is 1.71. The zero-order chi connectivity index (χ0) is 20.9. The van der Waals surface area contributed by atoms with Crippen LogP contribution >= 0.6 is 11.3 Å². The number of carbonyl (C=O) groups excluding carboxylic acids is 1. The maximum Gasteiger partial charge on any atom is 0.226 e. The van der Waals surface area contributed by atoms with E-state index in [1.165, 1.54) is 5.69 Å². The van der Waals surface area contributed by atoms with E-state index in [9.17, 15) is 4.79 Å². The van der Waals surface area contributed by atoms with Crippen molar-refractivity contribution in [2.24, 2.45) is 11.8 Å². The fourth-order valence-electron chi connectivity index (χ4n) is 4.24. The van der Waals surface area contributed by atoms with Gasteiger partial charge in [0, 0.05) is 18.5 Å². The maximum atomic E-state index is 12.7. The number of ether oxygens (including phenoxy) is 2. The zero-order valence-corrected chi connectivity index (χ0v) is 18.7. The molecule has 0 bridgehead atoms. The molecule has 1 aromatic heterocycles. The number of likely N-dealkylation sites (tertiary alicyclic amines) is 1. The third kappa shape index (κ3) is 5.32. The van der Waals surface area contributed by atoms with Gasteiger partial charge in [-0.15, -0.1) is 11.3 Å². The van der Waals surface area contributed by atoms with E-state index in [1.807, 2.05) is 25.1 Å². The number of aromatic nitrogens is 1. The van der Waals surface area contributed by atoms with Crippen molar-refractivity contribution < 1.29 is 14.3 Å². The van der Waals surface area contributed by atoms with Gasteiger partial charge in [-0.2, -0.15) is 0 Å².